The minimum Gasteiger partial charge on any atom is -0.497 e. The van der Waals surface area contributed by atoms with Gasteiger partial charge in [-0.2, -0.15) is 5.10 Å². The molecule has 96 valence electrons. The Labute approximate surface area is 106 Å². The van der Waals surface area contributed by atoms with Crippen molar-refractivity contribution in [2.24, 2.45) is 0 Å². The van der Waals surface area contributed by atoms with Gasteiger partial charge in [0, 0.05) is 0 Å². The van der Waals surface area contributed by atoms with Crippen molar-refractivity contribution in [3.63, 3.8) is 0 Å². The van der Waals surface area contributed by atoms with Gasteiger partial charge < -0.3 is 4.74 Å². The third-order valence-corrected chi connectivity index (χ3v) is 2.79. The van der Waals surface area contributed by atoms with E-state index in [4.69, 9.17) is 4.74 Å². The number of aromatic amines is 2. The molecule has 0 aliphatic rings. The molecule has 19 heavy (non-hydrogen) atoms. The highest BCUT2D eigenvalue weighted by Crippen LogP contribution is 2.16. The zero-order valence-electron chi connectivity index (χ0n) is 10.0. The monoisotopic (exact) mass is 258 g/mol. The first-order valence-electron chi connectivity index (χ1n) is 5.54. The summed E-state index contributed by atoms with van der Waals surface area (Å²) in [5, 5.41) is 4.44. The number of hydrogen-bond donors (Lipinski definition) is 2. The first-order valence-corrected chi connectivity index (χ1v) is 5.54. The summed E-state index contributed by atoms with van der Waals surface area (Å²) in [5.41, 5.74) is 0.0576. The first-order chi connectivity index (χ1) is 9.19. The summed E-state index contributed by atoms with van der Waals surface area (Å²) in [6, 6.07) is 7.11. The Morgan fingerprint density at radius 2 is 1.89 bits per heavy atom. The summed E-state index contributed by atoms with van der Waals surface area (Å²) in [7, 11) is 1.58. The Morgan fingerprint density at radius 3 is 2.58 bits per heavy atom. The van der Waals surface area contributed by atoms with Crippen LogP contribution in [0.15, 0.2) is 40.1 Å². The van der Waals surface area contributed by atoms with E-state index in [1.807, 2.05) is 0 Å². The van der Waals surface area contributed by atoms with Crippen LogP contribution in [-0.2, 0) is 0 Å². The maximum Gasteiger partial charge on any atom is 0.327 e. The lowest BCUT2D eigenvalue weighted by Gasteiger charge is -2.04. The van der Waals surface area contributed by atoms with Gasteiger partial charge in [0.25, 0.3) is 5.56 Å². The number of ether oxygens (including phenoxy) is 1. The highest BCUT2D eigenvalue weighted by atomic mass is 16.5. The van der Waals surface area contributed by atoms with Gasteiger partial charge in [-0.3, -0.25) is 14.8 Å². The highest BCUT2D eigenvalue weighted by Gasteiger charge is 2.09. The van der Waals surface area contributed by atoms with Gasteiger partial charge in [0.2, 0.25) is 0 Å². The summed E-state index contributed by atoms with van der Waals surface area (Å²) >= 11 is 0. The van der Waals surface area contributed by atoms with Crippen molar-refractivity contribution < 1.29 is 4.74 Å². The standard InChI is InChI=1S/C12H10N4O3/c1-19-8-4-2-7(3-5-8)16-10-9(6-13-16)11(17)15-12(18)14-10/h2-6H,1H3,(H2,14,15,17,18). The van der Waals surface area contributed by atoms with Crippen molar-refractivity contribution >= 4 is 11.0 Å². The molecule has 2 heterocycles. The van der Waals surface area contributed by atoms with Crippen LogP contribution in [0.2, 0.25) is 0 Å². The highest BCUT2D eigenvalue weighted by molar-refractivity contribution is 5.74. The number of H-pyrrole nitrogens is 2. The molecular weight excluding hydrogens is 248 g/mol. The quantitative estimate of drug-likeness (QED) is 0.696. The van der Waals surface area contributed by atoms with Crippen molar-refractivity contribution in [3.8, 4) is 11.4 Å². The Bertz CT molecular complexity index is 842. The second-order valence-electron chi connectivity index (χ2n) is 3.92. The van der Waals surface area contributed by atoms with Gasteiger partial charge in [0.05, 0.1) is 19.0 Å². The molecule has 0 radical (unpaired) electrons. The molecule has 2 aromatic heterocycles. The van der Waals surface area contributed by atoms with Crippen molar-refractivity contribution in [1.82, 2.24) is 19.7 Å². The topological polar surface area (TPSA) is 92.8 Å². The fourth-order valence-electron chi connectivity index (χ4n) is 1.86. The molecular formula is C12H10N4O3. The lowest BCUT2D eigenvalue weighted by Crippen LogP contribution is -2.22. The smallest absolute Gasteiger partial charge is 0.327 e. The SMILES string of the molecule is COc1ccc(-n2ncc3c(=O)[nH]c(=O)[nH]c32)cc1. The number of rotatable bonds is 2. The largest absolute Gasteiger partial charge is 0.497 e. The normalized spacial score (nSPS) is 10.8. The Morgan fingerprint density at radius 1 is 1.16 bits per heavy atom. The van der Waals surface area contributed by atoms with E-state index in [1.54, 1.807) is 31.4 Å². The predicted molar refractivity (Wildman–Crippen MR) is 68.9 cm³/mol. The lowest BCUT2D eigenvalue weighted by atomic mass is 10.3. The molecule has 0 aliphatic heterocycles. The van der Waals surface area contributed by atoms with Gasteiger partial charge in [-0.1, -0.05) is 0 Å². The first kappa shape index (κ1) is 11.3. The molecule has 0 saturated carbocycles. The zero-order valence-corrected chi connectivity index (χ0v) is 10.0. The van der Waals surface area contributed by atoms with Gasteiger partial charge in [-0.25, -0.2) is 9.48 Å². The van der Waals surface area contributed by atoms with E-state index in [9.17, 15) is 9.59 Å². The van der Waals surface area contributed by atoms with Crippen LogP contribution in [0, 0.1) is 0 Å². The van der Waals surface area contributed by atoms with Crippen LogP contribution in [0.1, 0.15) is 0 Å². The van der Waals surface area contributed by atoms with Crippen LogP contribution in [-0.4, -0.2) is 26.9 Å². The molecule has 3 rings (SSSR count). The average molecular weight is 258 g/mol. The molecule has 0 atom stereocenters. The van der Waals surface area contributed by atoms with Crippen molar-refractivity contribution in [2.45, 2.75) is 0 Å². The number of nitrogens with zero attached hydrogens (tertiary/aromatic N) is 2. The Balaban J connectivity index is 2.24. The van der Waals surface area contributed by atoms with Crippen molar-refractivity contribution in [3.05, 3.63) is 51.3 Å². The van der Waals surface area contributed by atoms with E-state index < -0.39 is 11.2 Å². The third-order valence-electron chi connectivity index (χ3n) is 2.79. The molecule has 1 aromatic carbocycles. The molecule has 0 bridgehead atoms. The summed E-state index contributed by atoms with van der Waals surface area (Å²) in [4.78, 5) is 27.6. The molecule has 0 unspecified atom stereocenters. The lowest BCUT2D eigenvalue weighted by molar-refractivity contribution is 0.414. The number of hydrogen-bond acceptors (Lipinski definition) is 4. The number of methoxy groups -OCH3 is 1. The van der Waals surface area contributed by atoms with E-state index in [0.29, 0.717) is 16.8 Å². The Kier molecular flexibility index (Phi) is 2.45. The fraction of sp³-hybridized carbons (Fsp3) is 0.0833. The molecule has 0 aliphatic carbocycles. The number of nitrogens with one attached hydrogen (secondary N) is 2. The van der Waals surface area contributed by atoms with Crippen LogP contribution in [0.3, 0.4) is 0 Å². The molecule has 0 saturated heterocycles. The zero-order chi connectivity index (χ0) is 13.4. The second kappa shape index (κ2) is 4.13. The molecule has 3 aromatic rings. The van der Waals surface area contributed by atoms with Crippen LogP contribution in [0.4, 0.5) is 0 Å². The van der Waals surface area contributed by atoms with Crippen LogP contribution in [0.25, 0.3) is 16.7 Å². The summed E-state index contributed by atoms with van der Waals surface area (Å²) in [5.74, 6) is 0.714. The maximum atomic E-state index is 11.6. The molecule has 7 heteroatoms. The molecule has 0 fully saturated rings. The molecule has 0 amide bonds. The fourth-order valence-corrected chi connectivity index (χ4v) is 1.86. The molecule has 2 N–H and O–H groups in total. The predicted octanol–water partition coefficient (Wildman–Crippen LogP) is 0.411. The third kappa shape index (κ3) is 1.81. The molecule has 0 spiro atoms. The van der Waals surface area contributed by atoms with Gasteiger partial charge in [0.1, 0.15) is 11.1 Å². The Hall–Kier alpha value is -2.83. The van der Waals surface area contributed by atoms with Crippen molar-refractivity contribution in [1.29, 1.82) is 0 Å². The minimum atomic E-state index is -0.562. The van der Waals surface area contributed by atoms with Crippen LogP contribution < -0.4 is 16.0 Å². The average Bonchev–Trinajstić information content (AvgIpc) is 2.83. The van der Waals surface area contributed by atoms with E-state index in [1.165, 1.54) is 10.9 Å². The van der Waals surface area contributed by atoms with E-state index >= 15 is 0 Å². The second-order valence-corrected chi connectivity index (χ2v) is 3.92. The summed E-state index contributed by atoms with van der Waals surface area (Å²) in [6.07, 6.45) is 1.41. The summed E-state index contributed by atoms with van der Waals surface area (Å²) < 4.78 is 6.56. The number of benzene rings is 1. The van der Waals surface area contributed by atoms with Gasteiger partial charge in [0.15, 0.2) is 5.65 Å². The van der Waals surface area contributed by atoms with Crippen molar-refractivity contribution in [2.75, 3.05) is 7.11 Å². The van der Waals surface area contributed by atoms with E-state index in [0.717, 1.165) is 5.69 Å². The van der Waals surface area contributed by atoms with E-state index in [2.05, 4.69) is 15.1 Å². The van der Waals surface area contributed by atoms with Crippen LogP contribution in [0.5, 0.6) is 5.75 Å². The number of aromatic nitrogens is 4. The maximum absolute atomic E-state index is 11.6. The van der Waals surface area contributed by atoms with Crippen LogP contribution >= 0.6 is 0 Å². The van der Waals surface area contributed by atoms with E-state index in [-0.39, 0.29) is 0 Å². The number of fused-ring (bicyclic) bond motifs is 1. The van der Waals surface area contributed by atoms with Gasteiger partial charge in [-0.15, -0.1) is 0 Å². The van der Waals surface area contributed by atoms with Gasteiger partial charge in [-0.05, 0) is 24.3 Å². The summed E-state index contributed by atoms with van der Waals surface area (Å²) in [6.45, 7) is 0. The minimum absolute atomic E-state index is 0.329. The molecule has 7 nitrogen and oxygen atoms in total. The van der Waals surface area contributed by atoms with Gasteiger partial charge >= 0.3 is 5.69 Å².